The first-order valence-electron chi connectivity index (χ1n) is 7.27. The van der Waals surface area contributed by atoms with Crippen LogP contribution in [0.1, 0.15) is 39.2 Å². The van der Waals surface area contributed by atoms with E-state index in [-0.39, 0.29) is 31.3 Å². The minimum atomic E-state index is -0.773. The molecule has 0 saturated carbocycles. The number of benzene rings is 1. The van der Waals surface area contributed by atoms with Crippen LogP contribution in [-0.2, 0) is 20.9 Å². The Bertz CT molecular complexity index is 571. The standard InChI is InChI=1S/C16H22Cl2N2O3/c1-16(2,3)23-14(21)7-6-13(19)15(22)20-9-10-4-5-11(17)12(18)8-10/h4-5,8,13H,6-7,9,19H2,1-3H3,(H,20,22)/t13-/m1/s1. The molecular formula is C16H22Cl2N2O3. The minimum absolute atomic E-state index is 0.0959. The molecule has 1 rings (SSSR count). The van der Waals surface area contributed by atoms with Gasteiger partial charge in [0.05, 0.1) is 16.1 Å². The molecule has 23 heavy (non-hydrogen) atoms. The van der Waals surface area contributed by atoms with Gasteiger partial charge in [-0.25, -0.2) is 0 Å². The first-order chi connectivity index (χ1) is 10.6. The number of carbonyl (C=O) groups is 2. The van der Waals surface area contributed by atoms with Gasteiger partial charge in [0.25, 0.3) is 0 Å². The van der Waals surface area contributed by atoms with E-state index in [2.05, 4.69) is 5.32 Å². The zero-order valence-corrected chi connectivity index (χ0v) is 15.0. The summed E-state index contributed by atoms with van der Waals surface area (Å²) in [7, 11) is 0. The Morgan fingerprint density at radius 2 is 1.91 bits per heavy atom. The average molecular weight is 361 g/mol. The van der Waals surface area contributed by atoms with Crippen LogP contribution in [0.25, 0.3) is 0 Å². The lowest BCUT2D eigenvalue weighted by Crippen LogP contribution is -2.40. The fourth-order valence-electron chi connectivity index (χ4n) is 1.77. The maximum atomic E-state index is 11.9. The first-order valence-corrected chi connectivity index (χ1v) is 8.03. The lowest BCUT2D eigenvalue weighted by atomic mass is 10.1. The molecule has 3 N–H and O–H groups in total. The van der Waals surface area contributed by atoms with E-state index in [9.17, 15) is 9.59 Å². The largest absolute Gasteiger partial charge is 0.460 e. The Balaban J connectivity index is 2.39. The van der Waals surface area contributed by atoms with Crippen LogP contribution in [0.2, 0.25) is 10.0 Å². The van der Waals surface area contributed by atoms with E-state index in [0.29, 0.717) is 10.0 Å². The smallest absolute Gasteiger partial charge is 0.306 e. The second kappa shape index (κ2) is 8.52. The Labute approximate surface area is 146 Å². The van der Waals surface area contributed by atoms with E-state index < -0.39 is 11.6 Å². The SMILES string of the molecule is CC(C)(C)OC(=O)CC[C@@H](N)C(=O)NCc1ccc(Cl)c(Cl)c1. The third-order valence-electron chi connectivity index (χ3n) is 2.87. The Hall–Kier alpha value is -1.30. The molecule has 0 aliphatic rings. The third-order valence-corrected chi connectivity index (χ3v) is 3.61. The van der Waals surface area contributed by atoms with Gasteiger partial charge in [0.15, 0.2) is 0 Å². The van der Waals surface area contributed by atoms with Gasteiger partial charge in [-0.3, -0.25) is 9.59 Å². The van der Waals surface area contributed by atoms with Crippen molar-refractivity contribution in [2.45, 2.75) is 51.8 Å². The molecular weight excluding hydrogens is 339 g/mol. The lowest BCUT2D eigenvalue weighted by Gasteiger charge is -2.20. The van der Waals surface area contributed by atoms with Crippen molar-refractivity contribution in [3.63, 3.8) is 0 Å². The number of halogens is 2. The molecule has 1 amide bonds. The van der Waals surface area contributed by atoms with E-state index in [1.807, 2.05) is 0 Å². The van der Waals surface area contributed by atoms with Crippen molar-refractivity contribution in [2.75, 3.05) is 0 Å². The summed E-state index contributed by atoms with van der Waals surface area (Å²) in [6.45, 7) is 5.65. The molecule has 1 atom stereocenters. The summed E-state index contributed by atoms with van der Waals surface area (Å²) in [6, 6.07) is 4.33. The topological polar surface area (TPSA) is 81.4 Å². The molecule has 0 bridgehead atoms. The normalized spacial score (nSPS) is 12.6. The predicted molar refractivity (Wildman–Crippen MR) is 91.4 cm³/mol. The molecule has 0 aromatic heterocycles. The summed E-state index contributed by atoms with van der Waals surface area (Å²) >= 11 is 11.7. The summed E-state index contributed by atoms with van der Waals surface area (Å²) in [5.74, 6) is -0.704. The highest BCUT2D eigenvalue weighted by Gasteiger charge is 2.19. The number of carbonyl (C=O) groups excluding carboxylic acids is 2. The van der Waals surface area contributed by atoms with Crippen molar-refractivity contribution in [1.29, 1.82) is 0 Å². The monoisotopic (exact) mass is 360 g/mol. The van der Waals surface area contributed by atoms with Crippen molar-refractivity contribution < 1.29 is 14.3 Å². The van der Waals surface area contributed by atoms with E-state index in [0.717, 1.165) is 5.56 Å². The number of nitrogens with one attached hydrogen (secondary N) is 1. The fourth-order valence-corrected chi connectivity index (χ4v) is 2.09. The van der Waals surface area contributed by atoms with Gasteiger partial charge in [-0.2, -0.15) is 0 Å². The van der Waals surface area contributed by atoms with Crippen LogP contribution in [0, 0.1) is 0 Å². The second-order valence-corrected chi connectivity index (χ2v) is 7.01. The van der Waals surface area contributed by atoms with Crippen LogP contribution >= 0.6 is 23.2 Å². The summed E-state index contributed by atoms with van der Waals surface area (Å²) in [6.07, 6.45) is 0.320. The molecule has 0 aliphatic heterocycles. The van der Waals surface area contributed by atoms with Gasteiger partial charge in [0.2, 0.25) is 5.91 Å². The molecule has 128 valence electrons. The first kappa shape index (κ1) is 19.7. The van der Waals surface area contributed by atoms with Crippen LogP contribution < -0.4 is 11.1 Å². The predicted octanol–water partition coefficient (Wildman–Crippen LogP) is 3.06. The van der Waals surface area contributed by atoms with Gasteiger partial charge >= 0.3 is 5.97 Å². The fraction of sp³-hybridized carbons (Fsp3) is 0.500. The molecule has 0 aliphatic carbocycles. The van der Waals surface area contributed by atoms with Crippen LogP contribution in [-0.4, -0.2) is 23.5 Å². The number of esters is 1. The van der Waals surface area contributed by atoms with Gasteiger partial charge in [0.1, 0.15) is 5.60 Å². The lowest BCUT2D eigenvalue weighted by molar-refractivity contribution is -0.155. The average Bonchev–Trinajstić information content (AvgIpc) is 2.43. The summed E-state index contributed by atoms with van der Waals surface area (Å²) in [4.78, 5) is 23.5. The van der Waals surface area contributed by atoms with E-state index in [1.54, 1.807) is 39.0 Å². The van der Waals surface area contributed by atoms with E-state index >= 15 is 0 Å². The quantitative estimate of drug-likeness (QED) is 0.763. The van der Waals surface area contributed by atoms with Crippen LogP contribution in [0.4, 0.5) is 0 Å². The summed E-state index contributed by atoms with van der Waals surface area (Å²) in [5, 5.41) is 3.58. The van der Waals surface area contributed by atoms with Crippen molar-refractivity contribution in [3.8, 4) is 0 Å². The van der Waals surface area contributed by atoms with Crippen LogP contribution in [0.15, 0.2) is 18.2 Å². The number of amides is 1. The highest BCUT2D eigenvalue weighted by atomic mass is 35.5. The summed E-state index contributed by atoms with van der Waals surface area (Å²) < 4.78 is 5.17. The number of hydrogen-bond acceptors (Lipinski definition) is 4. The van der Waals surface area contributed by atoms with Gasteiger partial charge in [-0.15, -0.1) is 0 Å². The van der Waals surface area contributed by atoms with Crippen molar-refractivity contribution >= 4 is 35.1 Å². The molecule has 1 aromatic carbocycles. The van der Waals surface area contributed by atoms with Crippen molar-refractivity contribution in [1.82, 2.24) is 5.32 Å². The van der Waals surface area contributed by atoms with Crippen molar-refractivity contribution in [2.24, 2.45) is 5.73 Å². The number of nitrogens with two attached hydrogens (primary N) is 1. The highest BCUT2D eigenvalue weighted by molar-refractivity contribution is 6.42. The molecule has 5 nitrogen and oxygen atoms in total. The van der Waals surface area contributed by atoms with Gasteiger partial charge in [-0.05, 0) is 44.9 Å². The van der Waals surface area contributed by atoms with E-state index in [1.165, 1.54) is 0 Å². The molecule has 1 aromatic rings. The number of hydrogen-bond donors (Lipinski definition) is 2. The maximum Gasteiger partial charge on any atom is 0.306 e. The molecule has 7 heteroatoms. The van der Waals surface area contributed by atoms with Crippen LogP contribution in [0.3, 0.4) is 0 Å². The number of ether oxygens (including phenoxy) is 1. The van der Waals surface area contributed by atoms with Crippen molar-refractivity contribution in [3.05, 3.63) is 33.8 Å². The summed E-state index contributed by atoms with van der Waals surface area (Å²) in [5.41, 5.74) is 6.05. The molecule has 0 saturated heterocycles. The highest BCUT2D eigenvalue weighted by Crippen LogP contribution is 2.22. The van der Waals surface area contributed by atoms with Crippen LogP contribution in [0.5, 0.6) is 0 Å². The second-order valence-electron chi connectivity index (χ2n) is 6.20. The zero-order valence-electron chi connectivity index (χ0n) is 13.5. The van der Waals surface area contributed by atoms with E-state index in [4.69, 9.17) is 33.7 Å². The van der Waals surface area contributed by atoms with Gasteiger partial charge in [0, 0.05) is 13.0 Å². The Morgan fingerprint density at radius 3 is 2.48 bits per heavy atom. The maximum absolute atomic E-state index is 11.9. The zero-order chi connectivity index (χ0) is 17.6. The van der Waals surface area contributed by atoms with Gasteiger partial charge in [-0.1, -0.05) is 29.3 Å². The molecule has 0 unspecified atom stereocenters. The Kier molecular flexibility index (Phi) is 7.32. The Morgan fingerprint density at radius 1 is 1.26 bits per heavy atom. The number of rotatable bonds is 6. The molecule has 0 radical (unpaired) electrons. The van der Waals surface area contributed by atoms with Gasteiger partial charge < -0.3 is 15.8 Å². The molecule has 0 spiro atoms. The minimum Gasteiger partial charge on any atom is -0.460 e. The molecule has 0 heterocycles. The molecule has 0 fully saturated rings. The third kappa shape index (κ3) is 7.68.